The van der Waals surface area contributed by atoms with Crippen molar-refractivity contribution in [3.63, 3.8) is 0 Å². The minimum absolute atomic E-state index is 0.0296. The van der Waals surface area contributed by atoms with Crippen LogP contribution in [0, 0.1) is 12.7 Å². The number of aromatic nitrogens is 4. The average molecular weight is 450 g/mol. The van der Waals surface area contributed by atoms with Crippen molar-refractivity contribution in [2.75, 3.05) is 0 Å². The van der Waals surface area contributed by atoms with Crippen molar-refractivity contribution >= 4 is 38.4 Å². The molecule has 32 heavy (non-hydrogen) atoms. The Morgan fingerprint density at radius 2 is 2.06 bits per heavy atom. The molecule has 0 spiro atoms. The molecular weight excluding hydrogens is 435 g/mol. The Labute approximate surface area is 182 Å². The smallest absolute Gasteiger partial charge is 0.353 e. The molecule has 0 amide bonds. The molecule has 0 aliphatic rings. The number of benzene rings is 1. The van der Waals surface area contributed by atoms with Crippen LogP contribution in [-0.4, -0.2) is 30.6 Å². The summed E-state index contributed by atoms with van der Waals surface area (Å²) in [6.07, 6.45) is 2.74. The van der Waals surface area contributed by atoms with Gasteiger partial charge in [-0.05, 0) is 42.1 Å². The van der Waals surface area contributed by atoms with Crippen LogP contribution in [0.5, 0.6) is 0 Å². The number of halogens is 1. The van der Waals surface area contributed by atoms with Crippen molar-refractivity contribution < 1.29 is 14.3 Å². The number of carbonyl (C=O) groups is 1. The van der Waals surface area contributed by atoms with Gasteiger partial charge in [0.25, 0.3) is 11.1 Å². The zero-order valence-corrected chi connectivity index (χ0v) is 17.4. The number of aromatic amines is 2. The first-order valence-corrected chi connectivity index (χ1v) is 10.4. The Bertz CT molecular complexity index is 1660. The van der Waals surface area contributed by atoms with Crippen molar-refractivity contribution in [3.8, 4) is 11.1 Å². The Kier molecular flexibility index (Phi) is 4.52. The molecular formula is C22H15FN4O4S. The highest BCUT2D eigenvalue weighted by Crippen LogP contribution is 2.36. The lowest BCUT2D eigenvalue weighted by Crippen LogP contribution is -2.13. The second-order valence-electron chi connectivity index (χ2n) is 7.32. The van der Waals surface area contributed by atoms with E-state index in [-0.39, 0.29) is 28.9 Å². The topological polar surface area (TPSA) is 121 Å². The molecule has 0 bridgehead atoms. The van der Waals surface area contributed by atoms with E-state index in [1.807, 2.05) is 0 Å². The number of aromatic carboxylic acids is 1. The van der Waals surface area contributed by atoms with Crippen molar-refractivity contribution in [2.24, 2.45) is 0 Å². The maximum atomic E-state index is 14.6. The first kappa shape index (κ1) is 19.9. The van der Waals surface area contributed by atoms with E-state index in [9.17, 15) is 23.9 Å². The van der Waals surface area contributed by atoms with Crippen LogP contribution in [0.3, 0.4) is 0 Å². The van der Waals surface area contributed by atoms with E-state index < -0.39 is 17.3 Å². The number of fused-ring (bicyclic) bond motifs is 2. The van der Waals surface area contributed by atoms with Gasteiger partial charge in [-0.3, -0.25) is 9.59 Å². The molecule has 0 atom stereocenters. The summed E-state index contributed by atoms with van der Waals surface area (Å²) < 4.78 is 16.4. The van der Waals surface area contributed by atoms with E-state index in [1.165, 1.54) is 40.6 Å². The molecule has 4 heterocycles. The highest BCUT2D eigenvalue weighted by atomic mass is 32.1. The third-order valence-corrected chi connectivity index (χ3v) is 6.41. The molecule has 160 valence electrons. The summed E-state index contributed by atoms with van der Waals surface area (Å²) in [6, 6.07) is 5.95. The van der Waals surface area contributed by atoms with Gasteiger partial charge in [0.2, 0.25) is 0 Å². The number of rotatable bonds is 4. The molecule has 0 unspecified atom stereocenters. The monoisotopic (exact) mass is 450 g/mol. The Morgan fingerprint density at radius 1 is 1.25 bits per heavy atom. The molecule has 3 N–H and O–H groups in total. The predicted octanol–water partition coefficient (Wildman–Crippen LogP) is 3.49. The van der Waals surface area contributed by atoms with E-state index in [1.54, 1.807) is 24.4 Å². The largest absolute Gasteiger partial charge is 0.477 e. The van der Waals surface area contributed by atoms with Gasteiger partial charge in [-0.2, -0.15) is 0 Å². The Hall–Kier alpha value is -4.05. The molecule has 1 aromatic carbocycles. The standard InChI is InChI=1S/C22H15FN4O4S/c1-10-5-13-15(6-14(10)23)27(7-11-8-32-19-17(11)25-9-26-21(19)29)18(22(30)31)16(13)12-3-2-4-24-20(12)28/h2-6,8-9H,7H2,1H3,(H,24,28)(H,30,31)(H,25,26,29). The lowest BCUT2D eigenvalue weighted by atomic mass is 10.0. The molecule has 0 aliphatic heterocycles. The number of hydrogen-bond acceptors (Lipinski definition) is 5. The minimum atomic E-state index is -1.26. The van der Waals surface area contributed by atoms with Crippen molar-refractivity contribution in [3.05, 3.63) is 85.5 Å². The lowest BCUT2D eigenvalue weighted by molar-refractivity contribution is 0.0687. The fourth-order valence-electron chi connectivity index (χ4n) is 3.95. The second-order valence-corrected chi connectivity index (χ2v) is 8.20. The van der Waals surface area contributed by atoms with Gasteiger partial charge in [-0.1, -0.05) is 0 Å². The predicted molar refractivity (Wildman–Crippen MR) is 119 cm³/mol. The van der Waals surface area contributed by atoms with Gasteiger partial charge in [0.1, 0.15) is 16.2 Å². The third-order valence-electron chi connectivity index (χ3n) is 5.40. The molecule has 4 aromatic heterocycles. The fraction of sp³-hybridized carbons (Fsp3) is 0.0909. The van der Waals surface area contributed by atoms with Crippen LogP contribution < -0.4 is 11.1 Å². The summed E-state index contributed by atoms with van der Waals surface area (Å²) >= 11 is 1.19. The van der Waals surface area contributed by atoms with E-state index in [2.05, 4.69) is 15.0 Å². The number of nitrogens with zero attached hydrogens (tertiary/aromatic N) is 2. The molecule has 0 aliphatic carbocycles. The summed E-state index contributed by atoms with van der Waals surface area (Å²) in [4.78, 5) is 46.3. The molecule has 5 rings (SSSR count). The van der Waals surface area contributed by atoms with Crippen LogP contribution in [0.4, 0.5) is 4.39 Å². The number of carboxylic acids is 1. The number of carboxylic acid groups (broad SMARTS) is 1. The number of nitrogens with one attached hydrogen (secondary N) is 2. The van der Waals surface area contributed by atoms with Gasteiger partial charge in [0.15, 0.2) is 0 Å². The third kappa shape index (κ3) is 2.95. The quantitative estimate of drug-likeness (QED) is 0.387. The fourth-order valence-corrected chi connectivity index (χ4v) is 4.86. The van der Waals surface area contributed by atoms with Crippen molar-refractivity contribution in [1.82, 2.24) is 19.5 Å². The van der Waals surface area contributed by atoms with E-state index >= 15 is 0 Å². The first-order valence-electron chi connectivity index (χ1n) is 9.54. The van der Waals surface area contributed by atoms with E-state index in [4.69, 9.17) is 0 Å². The van der Waals surface area contributed by atoms with Crippen LogP contribution in [0.2, 0.25) is 0 Å². The maximum Gasteiger partial charge on any atom is 0.353 e. The zero-order chi connectivity index (χ0) is 22.6. The highest BCUT2D eigenvalue weighted by Gasteiger charge is 2.26. The molecule has 0 saturated heterocycles. The number of pyridine rings is 1. The van der Waals surface area contributed by atoms with Gasteiger partial charge in [0, 0.05) is 28.3 Å². The average Bonchev–Trinajstić information content (AvgIpc) is 3.30. The van der Waals surface area contributed by atoms with Gasteiger partial charge in [-0.25, -0.2) is 14.2 Å². The summed E-state index contributed by atoms with van der Waals surface area (Å²) in [7, 11) is 0. The number of H-pyrrole nitrogens is 2. The lowest BCUT2D eigenvalue weighted by Gasteiger charge is -2.09. The van der Waals surface area contributed by atoms with Crippen molar-refractivity contribution in [2.45, 2.75) is 13.5 Å². The summed E-state index contributed by atoms with van der Waals surface area (Å²) in [5, 5.41) is 12.3. The molecule has 8 nitrogen and oxygen atoms in total. The van der Waals surface area contributed by atoms with Crippen LogP contribution in [0.15, 0.2) is 51.8 Å². The van der Waals surface area contributed by atoms with Gasteiger partial charge in [0.05, 0.1) is 23.9 Å². The van der Waals surface area contributed by atoms with Gasteiger partial charge in [-0.15, -0.1) is 11.3 Å². The maximum absolute atomic E-state index is 14.6. The zero-order valence-electron chi connectivity index (χ0n) is 16.6. The summed E-state index contributed by atoms with van der Waals surface area (Å²) in [5.41, 5.74) is 1.21. The van der Waals surface area contributed by atoms with Crippen molar-refractivity contribution in [1.29, 1.82) is 0 Å². The normalized spacial score (nSPS) is 11.4. The molecule has 5 aromatic rings. The summed E-state index contributed by atoms with van der Waals surface area (Å²) in [6.45, 7) is 1.61. The number of hydrogen-bond donors (Lipinski definition) is 3. The van der Waals surface area contributed by atoms with Crippen LogP contribution in [-0.2, 0) is 6.54 Å². The number of aryl methyl sites for hydroxylation is 1. The molecule has 0 fully saturated rings. The highest BCUT2D eigenvalue weighted by molar-refractivity contribution is 7.17. The second kappa shape index (κ2) is 7.27. The van der Waals surface area contributed by atoms with Crippen LogP contribution >= 0.6 is 11.3 Å². The molecule has 10 heteroatoms. The minimum Gasteiger partial charge on any atom is -0.477 e. The number of thiophene rings is 1. The molecule has 0 saturated carbocycles. The van der Waals surface area contributed by atoms with Gasteiger partial charge >= 0.3 is 5.97 Å². The SMILES string of the molecule is Cc1cc2c(-c3ccc[nH]c3=O)c(C(=O)O)n(Cc3csc4c(=O)[nH]cnc34)c2cc1F. The summed E-state index contributed by atoms with van der Waals surface area (Å²) in [5.74, 6) is -1.76. The molecule has 0 radical (unpaired) electrons. The Balaban J connectivity index is 1.87. The first-order chi connectivity index (χ1) is 15.4. The van der Waals surface area contributed by atoms with Crippen LogP contribution in [0.25, 0.3) is 32.2 Å². The van der Waals surface area contributed by atoms with Gasteiger partial charge < -0.3 is 19.6 Å². The Morgan fingerprint density at radius 3 is 2.81 bits per heavy atom. The van der Waals surface area contributed by atoms with Crippen LogP contribution in [0.1, 0.15) is 21.6 Å². The van der Waals surface area contributed by atoms with E-state index in [0.29, 0.717) is 32.2 Å². The van der Waals surface area contributed by atoms with E-state index in [0.717, 1.165) is 0 Å².